The number of rotatable bonds is 1. The molecule has 4 aliphatic rings. The lowest BCUT2D eigenvalue weighted by atomic mass is 9.79. The van der Waals surface area contributed by atoms with Gasteiger partial charge >= 0.3 is 0 Å². The van der Waals surface area contributed by atoms with E-state index in [9.17, 15) is 0 Å². The van der Waals surface area contributed by atoms with Crippen molar-refractivity contribution in [3.05, 3.63) is 0 Å². The van der Waals surface area contributed by atoms with Gasteiger partial charge in [-0.05, 0) is 48.9 Å². The Bertz CT molecular complexity index is 157. The van der Waals surface area contributed by atoms with Gasteiger partial charge in [0.05, 0.1) is 0 Å². The van der Waals surface area contributed by atoms with Gasteiger partial charge in [0, 0.05) is 0 Å². The molecule has 0 heterocycles. The molecule has 4 fully saturated rings. The summed E-state index contributed by atoms with van der Waals surface area (Å²) in [5, 5.41) is 0. The molecule has 0 aromatic carbocycles. The Hall–Kier alpha value is 0. The van der Waals surface area contributed by atoms with Gasteiger partial charge in [-0.2, -0.15) is 0 Å². The maximum Gasteiger partial charge on any atom is -0.0266 e. The van der Waals surface area contributed by atoms with Gasteiger partial charge in [-0.15, -0.1) is 0 Å². The van der Waals surface area contributed by atoms with Crippen molar-refractivity contribution >= 4 is 0 Å². The highest BCUT2D eigenvalue weighted by Crippen LogP contribution is 2.71. The number of hydrogen-bond acceptors (Lipinski definition) is 0. The zero-order chi connectivity index (χ0) is 6.77. The highest BCUT2D eigenvalue weighted by molar-refractivity contribution is 5.11. The first-order chi connectivity index (χ1) is 4.84. The van der Waals surface area contributed by atoms with E-state index in [2.05, 4.69) is 6.92 Å². The van der Waals surface area contributed by atoms with Crippen LogP contribution in [0, 0.1) is 23.2 Å². The zero-order valence-electron chi connectivity index (χ0n) is 6.77. The van der Waals surface area contributed by atoms with E-state index in [4.69, 9.17) is 0 Å². The van der Waals surface area contributed by atoms with E-state index in [1.165, 1.54) is 24.2 Å². The maximum absolute atomic E-state index is 2.41. The summed E-state index contributed by atoms with van der Waals surface area (Å²) in [6, 6.07) is 0. The fourth-order valence-electron chi connectivity index (χ4n) is 4.25. The van der Waals surface area contributed by atoms with E-state index in [-0.39, 0.29) is 0 Å². The molecule has 4 bridgehead atoms. The van der Waals surface area contributed by atoms with Gasteiger partial charge in [-0.1, -0.05) is 13.3 Å². The molecule has 4 rings (SSSR count). The summed E-state index contributed by atoms with van der Waals surface area (Å²) < 4.78 is 0. The second-order valence-corrected chi connectivity index (χ2v) is 4.81. The van der Waals surface area contributed by atoms with Crippen LogP contribution in [0.1, 0.15) is 39.0 Å². The van der Waals surface area contributed by atoms with E-state index in [0.29, 0.717) is 0 Å². The molecular weight excluding hydrogens is 120 g/mol. The van der Waals surface area contributed by atoms with Crippen LogP contribution in [0.25, 0.3) is 0 Å². The minimum absolute atomic E-state index is 0.884. The predicted molar refractivity (Wildman–Crippen MR) is 41.7 cm³/mol. The second-order valence-electron chi connectivity index (χ2n) is 4.81. The van der Waals surface area contributed by atoms with Crippen LogP contribution in [-0.2, 0) is 0 Å². The Kier molecular flexibility index (Phi) is 0.810. The highest BCUT2D eigenvalue weighted by Gasteiger charge is 2.61. The molecular formula is C10H16. The number of hydrogen-bond donors (Lipinski definition) is 0. The molecule has 0 aromatic heterocycles. The maximum atomic E-state index is 2.41. The first-order valence-corrected chi connectivity index (χ1v) is 4.84. The fourth-order valence-corrected chi connectivity index (χ4v) is 4.25. The van der Waals surface area contributed by atoms with Crippen LogP contribution in [0.3, 0.4) is 0 Å². The third kappa shape index (κ3) is 0.408. The first-order valence-electron chi connectivity index (χ1n) is 4.84. The molecule has 0 aromatic rings. The summed E-state index contributed by atoms with van der Waals surface area (Å²) in [6.07, 6.45) is 7.92. The Labute approximate surface area is 63.0 Å². The van der Waals surface area contributed by atoms with Crippen LogP contribution in [0.15, 0.2) is 0 Å². The Morgan fingerprint density at radius 1 is 1.20 bits per heavy atom. The van der Waals surface area contributed by atoms with Gasteiger partial charge in [-0.3, -0.25) is 0 Å². The van der Waals surface area contributed by atoms with Gasteiger partial charge < -0.3 is 0 Å². The predicted octanol–water partition coefficient (Wildman–Crippen LogP) is 2.83. The molecule has 0 spiro atoms. The molecule has 10 heavy (non-hydrogen) atoms. The SMILES string of the molecule is CCC12CC3CC1CC3C2. The summed E-state index contributed by atoms with van der Waals surface area (Å²) in [5.74, 6) is 3.54. The van der Waals surface area contributed by atoms with Crippen LogP contribution in [0.4, 0.5) is 0 Å². The smallest absolute Gasteiger partial charge is 0.0266 e. The van der Waals surface area contributed by atoms with E-state index >= 15 is 0 Å². The first kappa shape index (κ1) is 5.62. The highest BCUT2D eigenvalue weighted by atomic mass is 14.7. The molecule has 0 nitrogen and oxygen atoms in total. The van der Waals surface area contributed by atoms with Crippen LogP contribution in [-0.4, -0.2) is 0 Å². The van der Waals surface area contributed by atoms with Crippen LogP contribution < -0.4 is 0 Å². The normalized spacial score (nSPS) is 62.7. The molecule has 4 saturated carbocycles. The van der Waals surface area contributed by atoms with Crippen molar-refractivity contribution in [2.75, 3.05) is 0 Å². The lowest BCUT2D eigenvalue weighted by Crippen LogP contribution is -2.17. The summed E-state index contributed by atoms with van der Waals surface area (Å²) in [7, 11) is 0. The summed E-state index contributed by atoms with van der Waals surface area (Å²) in [5.41, 5.74) is 0.884. The molecule has 0 saturated heterocycles. The topological polar surface area (TPSA) is 0 Å². The largest absolute Gasteiger partial charge is 0.0648 e. The van der Waals surface area contributed by atoms with Crippen molar-refractivity contribution in [1.29, 1.82) is 0 Å². The lowest BCUT2D eigenvalue weighted by molar-refractivity contribution is 0.235. The third-order valence-corrected chi connectivity index (χ3v) is 4.75. The van der Waals surface area contributed by atoms with Crippen LogP contribution in [0.5, 0.6) is 0 Å². The van der Waals surface area contributed by atoms with E-state index in [0.717, 1.165) is 5.41 Å². The van der Waals surface area contributed by atoms with Crippen molar-refractivity contribution in [3.63, 3.8) is 0 Å². The second kappa shape index (κ2) is 1.44. The van der Waals surface area contributed by atoms with E-state index in [1.54, 1.807) is 25.7 Å². The van der Waals surface area contributed by atoms with Gasteiger partial charge in [0.25, 0.3) is 0 Å². The van der Waals surface area contributed by atoms with Gasteiger partial charge in [-0.25, -0.2) is 0 Å². The standard InChI is InChI=1S/C10H16/c1-2-10-5-7-3-9(10)4-8(7)6-10/h7-9H,2-6H2,1H3. The van der Waals surface area contributed by atoms with Gasteiger partial charge in [0.2, 0.25) is 0 Å². The molecule has 56 valence electrons. The van der Waals surface area contributed by atoms with Crippen LogP contribution in [0.2, 0.25) is 0 Å². The Balaban J connectivity index is 2.04. The molecule has 0 N–H and O–H groups in total. The summed E-state index contributed by atoms with van der Waals surface area (Å²) in [6.45, 7) is 2.41. The molecule has 0 heteroatoms. The minimum Gasteiger partial charge on any atom is -0.0648 e. The average Bonchev–Trinajstić information content (AvgIpc) is 2.53. The van der Waals surface area contributed by atoms with Gasteiger partial charge in [0.15, 0.2) is 0 Å². The van der Waals surface area contributed by atoms with Crippen molar-refractivity contribution in [1.82, 2.24) is 0 Å². The fraction of sp³-hybridized carbons (Fsp3) is 1.00. The monoisotopic (exact) mass is 136 g/mol. The molecule has 4 aliphatic carbocycles. The van der Waals surface area contributed by atoms with Crippen molar-refractivity contribution < 1.29 is 0 Å². The third-order valence-electron chi connectivity index (χ3n) is 4.75. The minimum atomic E-state index is 0.884. The molecule has 2 atom stereocenters. The van der Waals surface area contributed by atoms with E-state index in [1.807, 2.05) is 0 Å². The van der Waals surface area contributed by atoms with Crippen molar-refractivity contribution in [2.24, 2.45) is 23.2 Å². The zero-order valence-corrected chi connectivity index (χ0v) is 6.77. The molecule has 0 aliphatic heterocycles. The Morgan fingerprint density at radius 2 is 1.80 bits per heavy atom. The lowest BCUT2D eigenvalue weighted by Gasteiger charge is -2.26. The molecule has 0 radical (unpaired) electrons. The van der Waals surface area contributed by atoms with Crippen LogP contribution >= 0.6 is 0 Å². The molecule has 2 unspecified atom stereocenters. The Morgan fingerprint density at radius 3 is 2.00 bits per heavy atom. The van der Waals surface area contributed by atoms with Crippen molar-refractivity contribution in [2.45, 2.75) is 39.0 Å². The van der Waals surface area contributed by atoms with E-state index < -0.39 is 0 Å². The van der Waals surface area contributed by atoms with Gasteiger partial charge in [0.1, 0.15) is 0 Å². The average molecular weight is 136 g/mol. The summed E-state index contributed by atoms with van der Waals surface area (Å²) >= 11 is 0. The van der Waals surface area contributed by atoms with Crippen molar-refractivity contribution in [3.8, 4) is 0 Å². The quantitative estimate of drug-likeness (QED) is 0.520. The summed E-state index contributed by atoms with van der Waals surface area (Å²) in [4.78, 5) is 0. The molecule has 0 amide bonds.